The molecule has 0 radical (unpaired) electrons. The highest BCUT2D eigenvalue weighted by molar-refractivity contribution is 5.60. The summed E-state index contributed by atoms with van der Waals surface area (Å²) < 4.78 is 1.39. The zero-order valence-electron chi connectivity index (χ0n) is 11.2. The molecule has 0 fully saturated rings. The van der Waals surface area contributed by atoms with Gasteiger partial charge in [-0.2, -0.15) is 0 Å². The van der Waals surface area contributed by atoms with Gasteiger partial charge in [-0.1, -0.05) is 20.8 Å². The number of aromatic amines is 1. The zero-order valence-corrected chi connectivity index (χ0v) is 11.2. The molecule has 4 N–H and O–H groups in total. The SMILES string of the molecule is CCCn1c(N)c(NCCC(C)C)c(=O)[nH]c1=O. The molecule has 0 aliphatic heterocycles. The lowest BCUT2D eigenvalue weighted by Gasteiger charge is -2.13. The van der Waals surface area contributed by atoms with E-state index >= 15 is 0 Å². The highest BCUT2D eigenvalue weighted by Gasteiger charge is 2.11. The van der Waals surface area contributed by atoms with Crippen LogP contribution in [0.15, 0.2) is 9.59 Å². The van der Waals surface area contributed by atoms with Crippen LogP contribution in [0.1, 0.15) is 33.6 Å². The third-order valence-electron chi connectivity index (χ3n) is 2.71. The lowest BCUT2D eigenvalue weighted by Crippen LogP contribution is -2.34. The summed E-state index contributed by atoms with van der Waals surface area (Å²) in [6.07, 6.45) is 1.72. The zero-order chi connectivity index (χ0) is 13.7. The summed E-state index contributed by atoms with van der Waals surface area (Å²) in [6, 6.07) is 0. The Balaban J connectivity index is 3.00. The summed E-state index contributed by atoms with van der Waals surface area (Å²) >= 11 is 0. The van der Waals surface area contributed by atoms with Gasteiger partial charge in [0.2, 0.25) is 0 Å². The van der Waals surface area contributed by atoms with E-state index in [9.17, 15) is 9.59 Å². The Morgan fingerprint density at radius 3 is 2.61 bits per heavy atom. The summed E-state index contributed by atoms with van der Waals surface area (Å²) in [5, 5.41) is 3.01. The first kappa shape index (κ1) is 14.3. The van der Waals surface area contributed by atoms with Crippen LogP contribution < -0.4 is 22.3 Å². The Morgan fingerprint density at radius 2 is 2.06 bits per heavy atom. The topological polar surface area (TPSA) is 92.9 Å². The maximum absolute atomic E-state index is 11.7. The standard InChI is InChI=1S/C12H22N4O2/c1-4-7-16-10(13)9(11(17)15-12(16)18)14-6-5-8(2)3/h8,14H,4-7,13H2,1-3H3,(H,15,17,18). The van der Waals surface area contributed by atoms with E-state index in [-0.39, 0.29) is 5.82 Å². The molecule has 0 bridgehead atoms. The van der Waals surface area contributed by atoms with Crippen molar-refractivity contribution in [3.63, 3.8) is 0 Å². The van der Waals surface area contributed by atoms with Crippen LogP contribution >= 0.6 is 0 Å². The van der Waals surface area contributed by atoms with Crippen LogP contribution in [0.3, 0.4) is 0 Å². The fraction of sp³-hybridized carbons (Fsp3) is 0.667. The van der Waals surface area contributed by atoms with Crippen molar-refractivity contribution in [2.75, 3.05) is 17.6 Å². The van der Waals surface area contributed by atoms with Gasteiger partial charge in [0, 0.05) is 13.1 Å². The fourth-order valence-corrected chi connectivity index (χ4v) is 1.69. The van der Waals surface area contributed by atoms with Gasteiger partial charge >= 0.3 is 5.69 Å². The molecule has 0 saturated carbocycles. The maximum atomic E-state index is 11.7. The average Bonchev–Trinajstić information content (AvgIpc) is 2.28. The smallest absolute Gasteiger partial charge is 0.330 e. The second-order valence-corrected chi connectivity index (χ2v) is 4.78. The number of rotatable bonds is 6. The van der Waals surface area contributed by atoms with Crippen LogP contribution in [-0.2, 0) is 6.54 Å². The molecule has 102 valence electrons. The molecule has 1 aromatic rings. The van der Waals surface area contributed by atoms with Crippen LogP contribution in [0.4, 0.5) is 11.5 Å². The first-order chi connectivity index (χ1) is 8.47. The van der Waals surface area contributed by atoms with Crippen molar-refractivity contribution in [3.05, 3.63) is 20.8 Å². The van der Waals surface area contributed by atoms with Gasteiger partial charge in [-0.3, -0.25) is 14.3 Å². The van der Waals surface area contributed by atoms with Gasteiger partial charge in [-0.15, -0.1) is 0 Å². The molecule has 0 atom stereocenters. The number of nitrogen functional groups attached to an aromatic ring is 1. The largest absolute Gasteiger partial charge is 0.383 e. The molecule has 0 aliphatic carbocycles. The maximum Gasteiger partial charge on any atom is 0.330 e. The highest BCUT2D eigenvalue weighted by Crippen LogP contribution is 2.11. The molecule has 0 aromatic carbocycles. The first-order valence-corrected chi connectivity index (χ1v) is 6.33. The summed E-state index contributed by atoms with van der Waals surface area (Å²) in [5.41, 5.74) is 5.26. The lowest BCUT2D eigenvalue weighted by molar-refractivity contribution is 0.605. The van der Waals surface area contributed by atoms with Crippen molar-refractivity contribution in [2.45, 2.75) is 40.2 Å². The number of hydrogen-bond donors (Lipinski definition) is 3. The lowest BCUT2D eigenvalue weighted by atomic mass is 10.1. The van der Waals surface area contributed by atoms with E-state index in [0.717, 1.165) is 12.8 Å². The Hall–Kier alpha value is -1.72. The van der Waals surface area contributed by atoms with Crippen LogP contribution in [0.25, 0.3) is 0 Å². The number of hydrogen-bond acceptors (Lipinski definition) is 4. The number of nitrogens with two attached hydrogens (primary N) is 1. The summed E-state index contributed by atoms with van der Waals surface area (Å²) in [7, 11) is 0. The summed E-state index contributed by atoms with van der Waals surface area (Å²) in [6.45, 7) is 7.32. The minimum Gasteiger partial charge on any atom is -0.383 e. The monoisotopic (exact) mass is 254 g/mol. The number of H-pyrrole nitrogens is 1. The molecule has 0 aliphatic rings. The normalized spacial score (nSPS) is 10.9. The number of aromatic nitrogens is 2. The van der Waals surface area contributed by atoms with Crippen LogP contribution in [0.2, 0.25) is 0 Å². The molecule has 6 heteroatoms. The van der Waals surface area contributed by atoms with Gasteiger partial charge in [0.15, 0.2) is 0 Å². The minimum atomic E-state index is -0.450. The number of anilines is 2. The molecule has 0 unspecified atom stereocenters. The van der Waals surface area contributed by atoms with Crippen LogP contribution in [0.5, 0.6) is 0 Å². The van der Waals surface area contributed by atoms with E-state index in [1.807, 2.05) is 6.92 Å². The third-order valence-corrected chi connectivity index (χ3v) is 2.71. The van der Waals surface area contributed by atoms with Crippen molar-refractivity contribution in [3.8, 4) is 0 Å². The number of nitrogens with one attached hydrogen (secondary N) is 2. The van der Waals surface area contributed by atoms with Gasteiger partial charge in [-0.05, 0) is 18.8 Å². The molecule has 6 nitrogen and oxygen atoms in total. The van der Waals surface area contributed by atoms with E-state index in [2.05, 4.69) is 24.1 Å². The van der Waals surface area contributed by atoms with Crippen molar-refractivity contribution < 1.29 is 0 Å². The van der Waals surface area contributed by atoms with Crippen molar-refractivity contribution in [2.24, 2.45) is 5.92 Å². The van der Waals surface area contributed by atoms with E-state index in [4.69, 9.17) is 5.73 Å². The first-order valence-electron chi connectivity index (χ1n) is 6.33. The molecule has 0 amide bonds. The van der Waals surface area contributed by atoms with E-state index < -0.39 is 11.2 Å². The Kier molecular flexibility index (Phi) is 5.00. The molecule has 1 aromatic heterocycles. The molecule has 0 saturated heterocycles. The van der Waals surface area contributed by atoms with Crippen molar-refractivity contribution in [1.82, 2.24) is 9.55 Å². The molecule has 1 heterocycles. The molecule has 1 rings (SSSR count). The molecular weight excluding hydrogens is 232 g/mol. The third kappa shape index (κ3) is 3.38. The van der Waals surface area contributed by atoms with Gasteiger partial charge in [0.05, 0.1) is 0 Å². The van der Waals surface area contributed by atoms with E-state index in [0.29, 0.717) is 24.7 Å². The molecule has 0 spiro atoms. The fourth-order valence-electron chi connectivity index (χ4n) is 1.69. The van der Waals surface area contributed by atoms with Gasteiger partial charge in [-0.25, -0.2) is 4.79 Å². The quantitative estimate of drug-likeness (QED) is 0.705. The number of nitrogens with zero attached hydrogens (tertiary/aromatic N) is 1. The predicted octanol–water partition coefficient (Wildman–Crippen LogP) is 0.987. The Morgan fingerprint density at radius 1 is 1.39 bits per heavy atom. The second kappa shape index (κ2) is 6.28. The minimum absolute atomic E-state index is 0.217. The second-order valence-electron chi connectivity index (χ2n) is 4.78. The summed E-state index contributed by atoms with van der Waals surface area (Å²) in [4.78, 5) is 25.5. The van der Waals surface area contributed by atoms with Crippen molar-refractivity contribution >= 4 is 11.5 Å². The van der Waals surface area contributed by atoms with E-state index in [1.54, 1.807) is 0 Å². The Bertz CT molecular complexity index is 502. The van der Waals surface area contributed by atoms with Gasteiger partial charge < -0.3 is 11.1 Å². The average molecular weight is 254 g/mol. The van der Waals surface area contributed by atoms with Crippen LogP contribution in [0, 0.1) is 5.92 Å². The molecular formula is C12H22N4O2. The van der Waals surface area contributed by atoms with Gasteiger partial charge in [0.1, 0.15) is 11.5 Å². The Labute approximate surface area is 106 Å². The van der Waals surface area contributed by atoms with Gasteiger partial charge in [0.25, 0.3) is 5.56 Å². The van der Waals surface area contributed by atoms with Crippen LogP contribution in [-0.4, -0.2) is 16.1 Å². The predicted molar refractivity (Wildman–Crippen MR) is 74.0 cm³/mol. The molecule has 18 heavy (non-hydrogen) atoms. The van der Waals surface area contributed by atoms with E-state index in [1.165, 1.54) is 4.57 Å². The summed E-state index contributed by atoms with van der Waals surface area (Å²) in [5.74, 6) is 0.758. The van der Waals surface area contributed by atoms with Crippen molar-refractivity contribution in [1.29, 1.82) is 0 Å². The highest BCUT2D eigenvalue weighted by atomic mass is 16.2.